The van der Waals surface area contributed by atoms with Crippen LogP contribution in [-0.4, -0.2) is 50.5 Å². The Morgan fingerprint density at radius 3 is 2.41 bits per heavy atom. The number of carbonyl (C=O) groups is 1. The molecule has 39 heavy (non-hydrogen) atoms. The zero-order valence-electron chi connectivity index (χ0n) is 22.0. The largest absolute Gasteiger partial charge is 0.444 e. The average molecular weight is 579 g/mol. The summed E-state index contributed by atoms with van der Waals surface area (Å²) in [6.07, 6.45) is 2.19. The van der Waals surface area contributed by atoms with E-state index in [1.165, 1.54) is 66.7 Å². The highest BCUT2D eigenvalue weighted by Crippen LogP contribution is 2.30. The second kappa shape index (κ2) is 10.6. The molecule has 210 valence electrons. The Balaban J connectivity index is 1.71. The van der Waals surface area contributed by atoms with Gasteiger partial charge in [0, 0.05) is 24.8 Å². The Hall–Kier alpha value is -3.42. The van der Waals surface area contributed by atoms with Gasteiger partial charge >= 0.3 is 6.09 Å². The minimum atomic E-state index is -4.33. The van der Waals surface area contributed by atoms with E-state index in [1.807, 2.05) is 0 Å². The maximum Gasteiger partial charge on any atom is 0.410 e. The molecule has 0 spiro atoms. The van der Waals surface area contributed by atoms with Gasteiger partial charge in [-0.2, -0.15) is 13.1 Å². The SMILES string of the molecule is CN(Cc1cc(-c2ccccc2F)n(S(=O)(=O)c2cccc(NS(=O)(=O)NC3CC3)c2)c1)C(=O)OC(C)(C)C. The number of rotatable bonds is 9. The van der Waals surface area contributed by atoms with Crippen molar-refractivity contribution in [2.24, 2.45) is 0 Å². The molecule has 1 saturated carbocycles. The van der Waals surface area contributed by atoms with Crippen LogP contribution in [-0.2, 0) is 31.5 Å². The fraction of sp³-hybridized carbons (Fsp3) is 0.346. The van der Waals surface area contributed by atoms with Gasteiger partial charge in [0.25, 0.3) is 20.2 Å². The van der Waals surface area contributed by atoms with E-state index in [1.54, 1.807) is 26.8 Å². The summed E-state index contributed by atoms with van der Waals surface area (Å²) in [5.74, 6) is -0.633. The first-order chi connectivity index (χ1) is 18.1. The van der Waals surface area contributed by atoms with Crippen LogP contribution in [0, 0.1) is 5.82 Å². The van der Waals surface area contributed by atoms with Crippen LogP contribution in [0.2, 0.25) is 0 Å². The van der Waals surface area contributed by atoms with Crippen LogP contribution in [0.1, 0.15) is 39.2 Å². The van der Waals surface area contributed by atoms with E-state index >= 15 is 0 Å². The Morgan fingerprint density at radius 1 is 1.08 bits per heavy atom. The molecule has 0 saturated heterocycles. The summed E-state index contributed by atoms with van der Waals surface area (Å²) >= 11 is 0. The van der Waals surface area contributed by atoms with Gasteiger partial charge < -0.3 is 9.64 Å². The normalized spacial score (nSPS) is 14.2. The first-order valence-electron chi connectivity index (χ1n) is 12.2. The maximum absolute atomic E-state index is 14.8. The van der Waals surface area contributed by atoms with E-state index in [2.05, 4.69) is 9.44 Å². The van der Waals surface area contributed by atoms with Crippen LogP contribution < -0.4 is 9.44 Å². The van der Waals surface area contributed by atoms with Crippen LogP contribution >= 0.6 is 0 Å². The molecule has 3 aromatic rings. The number of amides is 1. The van der Waals surface area contributed by atoms with Gasteiger partial charge in [0.1, 0.15) is 11.4 Å². The van der Waals surface area contributed by atoms with Crippen molar-refractivity contribution in [1.82, 2.24) is 13.6 Å². The predicted octanol–water partition coefficient (Wildman–Crippen LogP) is 4.31. The van der Waals surface area contributed by atoms with Crippen molar-refractivity contribution >= 4 is 32.0 Å². The van der Waals surface area contributed by atoms with Crippen LogP contribution in [0.15, 0.2) is 65.7 Å². The van der Waals surface area contributed by atoms with Gasteiger partial charge in [0.05, 0.1) is 22.8 Å². The lowest BCUT2D eigenvalue weighted by molar-refractivity contribution is 0.0285. The summed E-state index contributed by atoms with van der Waals surface area (Å²) in [4.78, 5) is 13.5. The fourth-order valence-electron chi connectivity index (χ4n) is 3.76. The number of ether oxygens (including phenoxy) is 1. The standard InChI is InChI=1S/C26H31FN4O6S2/c1-26(2,3)37-25(32)30(4)16-18-14-24(22-10-5-6-11-23(22)27)31(17-18)38(33,34)21-9-7-8-20(15-21)29-39(35,36)28-19-12-13-19/h5-11,14-15,17,19,28-29H,12-13,16H2,1-4H3. The second-order valence-electron chi connectivity index (χ2n) is 10.4. The van der Waals surface area contributed by atoms with E-state index in [9.17, 15) is 26.0 Å². The maximum atomic E-state index is 14.8. The lowest BCUT2D eigenvalue weighted by Gasteiger charge is -2.24. The Kier molecular flexibility index (Phi) is 7.79. The summed E-state index contributed by atoms with van der Waals surface area (Å²) in [6, 6.07) is 12.4. The zero-order chi connectivity index (χ0) is 28.6. The lowest BCUT2D eigenvalue weighted by Crippen LogP contribution is -2.33. The van der Waals surface area contributed by atoms with Gasteiger partial charge in [0.2, 0.25) is 0 Å². The summed E-state index contributed by atoms with van der Waals surface area (Å²) in [6.45, 7) is 5.18. The van der Waals surface area contributed by atoms with E-state index in [0.29, 0.717) is 5.56 Å². The van der Waals surface area contributed by atoms with Crippen molar-refractivity contribution < 1.29 is 30.8 Å². The molecule has 2 aromatic carbocycles. The van der Waals surface area contributed by atoms with Crippen LogP contribution in [0.5, 0.6) is 0 Å². The van der Waals surface area contributed by atoms with Crippen LogP contribution in [0.4, 0.5) is 14.9 Å². The number of benzene rings is 2. The third kappa shape index (κ3) is 7.16. The van der Waals surface area contributed by atoms with E-state index in [-0.39, 0.29) is 34.4 Å². The van der Waals surface area contributed by atoms with Crippen molar-refractivity contribution in [2.75, 3.05) is 11.8 Å². The van der Waals surface area contributed by atoms with Gasteiger partial charge in [-0.15, -0.1) is 0 Å². The smallest absolute Gasteiger partial charge is 0.410 e. The van der Waals surface area contributed by atoms with Crippen molar-refractivity contribution in [3.05, 3.63) is 72.2 Å². The summed E-state index contributed by atoms with van der Waals surface area (Å²) in [7, 11) is -6.71. The van der Waals surface area contributed by atoms with Gasteiger partial charge in [-0.1, -0.05) is 18.2 Å². The number of halogens is 1. The quantitative estimate of drug-likeness (QED) is 0.390. The highest BCUT2D eigenvalue weighted by atomic mass is 32.2. The molecule has 1 fully saturated rings. The van der Waals surface area contributed by atoms with Crippen LogP contribution in [0.25, 0.3) is 11.3 Å². The highest BCUT2D eigenvalue weighted by molar-refractivity contribution is 7.91. The number of nitrogens with zero attached hydrogens (tertiary/aromatic N) is 2. The van der Waals surface area contributed by atoms with Crippen molar-refractivity contribution in [1.29, 1.82) is 0 Å². The molecule has 1 aliphatic rings. The molecule has 1 aromatic heterocycles. The van der Waals surface area contributed by atoms with Crippen molar-refractivity contribution in [3.8, 4) is 11.3 Å². The first kappa shape index (κ1) is 28.6. The molecule has 1 heterocycles. The van der Waals surface area contributed by atoms with Gasteiger partial charge in [0.15, 0.2) is 0 Å². The predicted molar refractivity (Wildman–Crippen MR) is 145 cm³/mol. The van der Waals surface area contributed by atoms with Gasteiger partial charge in [-0.05, 0) is 75.6 Å². The third-order valence-corrected chi connectivity index (χ3v) is 8.48. The molecular weight excluding hydrogens is 547 g/mol. The minimum Gasteiger partial charge on any atom is -0.444 e. The Morgan fingerprint density at radius 2 is 1.77 bits per heavy atom. The number of carbonyl (C=O) groups excluding carboxylic acids is 1. The Bertz CT molecular complexity index is 1590. The molecule has 4 rings (SSSR count). The number of aromatic nitrogens is 1. The molecule has 1 amide bonds. The van der Waals surface area contributed by atoms with Gasteiger partial charge in [-0.3, -0.25) is 4.72 Å². The minimum absolute atomic E-state index is 0.00837. The van der Waals surface area contributed by atoms with Crippen molar-refractivity contribution in [3.63, 3.8) is 0 Å². The third-order valence-electron chi connectivity index (χ3n) is 5.66. The topological polar surface area (TPSA) is 127 Å². The zero-order valence-corrected chi connectivity index (χ0v) is 23.6. The van der Waals surface area contributed by atoms with E-state index in [0.717, 1.165) is 16.8 Å². The molecule has 1 aliphatic carbocycles. The van der Waals surface area contributed by atoms with E-state index < -0.39 is 37.7 Å². The van der Waals surface area contributed by atoms with Gasteiger partial charge in [-0.25, -0.2) is 21.6 Å². The number of nitrogens with one attached hydrogen (secondary N) is 2. The lowest BCUT2D eigenvalue weighted by atomic mass is 10.1. The molecule has 0 bridgehead atoms. The molecule has 10 nitrogen and oxygen atoms in total. The summed E-state index contributed by atoms with van der Waals surface area (Å²) < 4.78 is 78.2. The number of hydrogen-bond donors (Lipinski definition) is 2. The van der Waals surface area contributed by atoms with Crippen LogP contribution in [0.3, 0.4) is 0 Å². The number of hydrogen-bond acceptors (Lipinski definition) is 6. The first-order valence-corrected chi connectivity index (χ1v) is 15.1. The summed E-state index contributed by atoms with van der Waals surface area (Å²) in [5, 5.41) is 0. The summed E-state index contributed by atoms with van der Waals surface area (Å²) in [5.41, 5.74) is -0.177. The molecule has 0 unspecified atom stereocenters. The van der Waals surface area contributed by atoms with E-state index in [4.69, 9.17) is 4.74 Å². The molecule has 2 N–H and O–H groups in total. The fourth-order valence-corrected chi connectivity index (χ4v) is 6.37. The molecule has 13 heteroatoms. The molecule has 0 atom stereocenters. The average Bonchev–Trinajstić information content (AvgIpc) is 3.52. The Labute approximate surface area is 228 Å². The monoisotopic (exact) mass is 578 g/mol. The number of anilines is 1. The molecular formula is C26H31FN4O6S2. The second-order valence-corrected chi connectivity index (χ2v) is 13.6. The van der Waals surface area contributed by atoms with Crippen molar-refractivity contribution in [2.45, 2.75) is 56.7 Å². The molecule has 0 radical (unpaired) electrons. The molecule has 0 aliphatic heterocycles. The highest BCUT2D eigenvalue weighted by Gasteiger charge is 2.28.